The second kappa shape index (κ2) is 6.14. The number of phenolic OH excluding ortho intramolecular Hbond substituents is 1. The lowest BCUT2D eigenvalue weighted by Gasteiger charge is -2.26. The van der Waals surface area contributed by atoms with Crippen LogP contribution in [-0.4, -0.2) is 11.7 Å². The van der Waals surface area contributed by atoms with Crippen LogP contribution < -0.4 is 10.6 Å². The molecule has 0 spiro atoms. The average molecular weight is 256 g/mol. The van der Waals surface area contributed by atoms with E-state index in [0.29, 0.717) is 5.75 Å². The summed E-state index contributed by atoms with van der Waals surface area (Å²) >= 11 is 0. The molecular weight excluding hydrogens is 236 g/mol. The van der Waals surface area contributed by atoms with Gasteiger partial charge in [-0.05, 0) is 36.2 Å². The Balaban J connectivity index is 2.24. The number of hydrogen-bond donors (Lipinski definition) is 2. The molecule has 2 rings (SSSR count). The molecule has 0 bridgehead atoms. The van der Waals surface area contributed by atoms with Gasteiger partial charge >= 0.3 is 0 Å². The summed E-state index contributed by atoms with van der Waals surface area (Å²) in [5.74, 6) is 0.301. The molecule has 0 saturated heterocycles. The Bertz CT molecular complexity index is 540. The lowest BCUT2D eigenvalue weighted by Crippen LogP contribution is -2.24. The van der Waals surface area contributed by atoms with Gasteiger partial charge in [0.1, 0.15) is 5.75 Å². The second-order valence-corrected chi connectivity index (χ2v) is 4.65. The lowest BCUT2D eigenvalue weighted by molar-refractivity contribution is 0.474. The summed E-state index contributed by atoms with van der Waals surface area (Å²) in [5.41, 5.74) is 8.96. The highest BCUT2D eigenvalue weighted by Crippen LogP contribution is 2.25. The van der Waals surface area contributed by atoms with Crippen LogP contribution in [0.3, 0.4) is 0 Å². The van der Waals surface area contributed by atoms with E-state index >= 15 is 0 Å². The number of aromatic hydroxyl groups is 1. The molecule has 0 fully saturated rings. The number of hydrogen-bond acceptors (Lipinski definition) is 3. The van der Waals surface area contributed by atoms with Gasteiger partial charge in [-0.25, -0.2) is 0 Å². The predicted octanol–water partition coefficient (Wildman–Crippen LogP) is 3.39. The monoisotopic (exact) mass is 256 g/mol. The Labute approximate surface area is 114 Å². The topological polar surface area (TPSA) is 49.5 Å². The van der Waals surface area contributed by atoms with E-state index in [1.54, 1.807) is 12.1 Å². The van der Waals surface area contributed by atoms with Crippen LogP contribution in [0.4, 0.5) is 11.4 Å². The zero-order valence-corrected chi connectivity index (χ0v) is 11.2. The molecule has 0 aromatic heterocycles. The molecule has 100 valence electrons. The second-order valence-electron chi connectivity index (χ2n) is 4.65. The van der Waals surface area contributed by atoms with Gasteiger partial charge in [0, 0.05) is 13.1 Å². The minimum absolute atomic E-state index is 0.301. The summed E-state index contributed by atoms with van der Waals surface area (Å²) in [6.45, 7) is 3.83. The van der Waals surface area contributed by atoms with Crippen LogP contribution >= 0.6 is 0 Å². The molecule has 0 aliphatic carbocycles. The summed E-state index contributed by atoms with van der Waals surface area (Å²) < 4.78 is 0. The van der Waals surface area contributed by atoms with Crippen molar-refractivity contribution in [2.24, 2.45) is 0 Å². The first-order valence-electron chi connectivity index (χ1n) is 6.58. The fourth-order valence-corrected chi connectivity index (χ4v) is 2.21. The van der Waals surface area contributed by atoms with Crippen molar-refractivity contribution in [2.75, 3.05) is 17.2 Å². The predicted molar refractivity (Wildman–Crippen MR) is 80.3 cm³/mol. The molecule has 0 amide bonds. The smallest absolute Gasteiger partial charge is 0.115 e. The number of nitrogens with zero attached hydrogens (tertiary/aromatic N) is 1. The first kappa shape index (κ1) is 13.3. The largest absolute Gasteiger partial charge is 0.508 e. The van der Waals surface area contributed by atoms with Crippen molar-refractivity contribution >= 4 is 11.4 Å². The number of benzene rings is 2. The van der Waals surface area contributed by atoms with Crippen molar-refractivity contribution in [1.29, 1.82) is 0 Å². The van der Waals surface area contributed by atoms with Crippen molar-refractivity contribution in [3.63, 3.8) is 0 Å². The molecule has 0 aliphatic rings. The maximum absolute atomic E-state index is 9.54. The summed E-state index contributed by atoms with van der Waals surface area (Å²) in [7, 11) is 0. The Morgan fingerprint density at radius 2 is 1.89 bits per heavy atom. The van der Waals surface area contributed by atoms with E-state index in [1.165, 1.54) is 0 Å². The fraction of sp³-hybridized carbons (Fsp3) is 0.250. The first-order valence-corrected chi connectivity index (χ1v) is 6.58. The molecule has 0 atom stereocenters. The van der Waals surface area contributed by atoms with Gasteiger partial charge in [-0.15, -0.1) is 0 Å². The first-order chi connectivity index (χ1) is 9.20. The number of rotatable bonds is 5. The molecule has 2 aromatic carbocycles. The average Bonchev–Trinajstić information content (AvgIpc) is 2.39. The molecule has 3 N–H and O–H groups in total. The Morgan fingerprint density at radius 1 is 1.11 bits per heavy atom. The molecule has 19 heavy (non-hydrogen) atoms. The highest BCUT2D eigenvalue weighted by Gasteiger charge is 2.09. The molecule has 3 nitrogen and oxygen atoms in total. The molecule has 0 heterocycles. The van der Waals surface area contributed by atoms with Crippen molar-refractivity contribution in [2.45, 2.75) is 19.9 Å². The normalized spacial score (nSPS) is 10.4. The maximum atomic E-state index is 9.54. The third-order valence-corrected chi connectivity index (χ3v) is 3.05. The Kier molecular flexibility index (Phi) is 4.29. The van der Waals surface area contributed by atoms with Crippen molar-refractivity contribution in [1.82, 2.24) is 0 Å². The molecule has 0 aliphatic heterocycles. The van der Waals surface area contributed by atoms with Crippen LogP contribution in [-0.2, 0) is 6.54 Å². The van der Waals surface area contributed by atoms with Gasteiger partial charge in [0.15, 0.2) is 0 Å². The minimum atomic E-state index is 0.301. The minimum Gasteiger partial charge on any atom is -0.508 e. The van der Waals surface area contributed by atoms with Gasteiger partial charge in [0.2, 0.25) is 0 Å². The molecular formula is C16H20N2O. The van der Waals surface area contributed by atoms with E-state index in [4.69, 9.17) is 5.73 Å². The van der Waals surface area contributed by atoms with Gasteiger partial charge in [0.05, 0.1) is 11.4 Å². The van der Waals surface area contributed by atoms with Crippen LogP contribution in [0, 0.1) is 0 Å². The van der Waals surface area contributed by atoms with Gasteiger partial charge in [-0.1, -0.05) is 31.2 Å². The summed E-state index contributed by atoms with van der Waals surface area (Å²) in [4.78, 5) is 2.24. The van der Waals surface area contributed by atoms with Gasteiger partial charge in [0.25, 0.3) is 0 Å². The lowest BCUT2D eigenvalue weighted by atomic mass is 10.1. The number of nitrogens with two attached hydrogens (primary N) is 1. The van der Waals surface area contributed by atoms with Gasteiger partial charge < -0.3 is 15.7 Å². The molecule has 3 heteroatoms. The van der Waals surface area contributed by atoms with Gasteiger partial charge in [-0.2, -0.15) is 0 Å². The molecule has 0 radical (unpaired) electrons. The van der Waals surface area contributed by atoms with E-state index < -0.39 is 0 Å². The highest BCUT2D eigenvalue weighted by atomic mass is 16.3. The number of anilines is 2. The van der Waals surface area contributed by atoms with Crippen molar-refractivity contribution in [3.05, 3.63) is 54.1 Å². The van der Waals surface area contributed by atoms with Gasteiger partial charge in [-0.3, -0.25) is 0 Å². The summed E-state index contributed by atoms with van der Waals surface area (Å²) in [6.07, 6.45) is 1.05. The van der Waals surface area contributed by atoms with E-state index in [9.17, 15) is 5.11 Å². The fourth-order valence-electron chi connectivity index (χ4n) is 2.21. The highest BCUT2D eigenvalue weighted by molar-refractivity contribution is 5.67. The Morgan fingerprint density at radius 3 is 2.58 bits per heavy atom. The number of para-hydroxylation sites is 2. The SMILES string of the molecule is CCCN(Cc1cccc(O)c1)c1ccccc1N. The zero-order chi connectivity index (χ0) is 13.7. The maximum Gasteiger partial charge on any atom is 0.115 e. The molecule has 2 aromatic rings. The Hall–Kier alpha value is -2.16. The van der Waals surface area contributed by atoms with E-state index in [-0.39, 0.29) is 0 Å². The quantitative estimate of drug-likeness (QED) is 0.806. The standard InChI is InChI=1S/C16H20N2O/c1-2-10-18(16-9-4-3-8-15(16)17)12-13-6-5-7-14(19)11-13/h3-9,11,19H,2,10,12,17H2,1H3. The summed E-state index contributed by atoms with van der Waals surface area (Å²) in [5, 5.41) is 9.54. The van der Waals surface area contributed by atoms with Crippen LogP contribution in [0.1, 0.15) is 18.9 Å². The van der Waals surface area contributed by atoms with Crippen LogP contribution in [0.25, 0.3) is 0 Å². The van der Waals surface area contributed by atoms with Crippen LogP contribution in [0.15, 0.2) is 48.5 Å². The van der Waals surface area contributed by atoms with E-state index in [1.807, 2.05) is 36.4 Å². The molecule has 0 unspecified atom stereocenters. The zero-order valence-electron chi connectivity index (χ0n) is 11.2. The van der Waals surface area contributed by atoms with Crippen LogP contribution in [0.5, 0.6) is 5.75 Å². The van der Waals surface area contributed by atoms with E-state index in [2.05, 4.69) is 11.8 Å². The van der Waals surface area contributed by atoms with Crippen LogP contribution in [0.2, 0.25) is 0 Å². The third-order valence-electron chi connectivity index (χ3n) is 3.05. The van der Waals surface area contributed by atoms with Crippen molar-refractivity contribution in [3.8, 4) is 5.75 Å². The number of phenols is 1. The van der Waals surface area contributed by atoms with Crippen molar-refractivity contribution < 1.29 is 5.11 Å². The van der Waals surface area contributed by atoms with E-state index in [0.717, 1.165) is 36.4 Å². The molecule has 0 saturated carbocycles. The number of nitrogen functional groups attached to an aromatic ring is 1. The summed E-state index contributed by atoms with van der Waals surface area (Å²) in [6, 6.07) is 15.2. The third kappa shape index (κ3) is 3.41.